The first-order chi connectivity index (χ1) is 14.6. The van der Waals surface area contributed by atoms with E-state index in [2.05, 4.69) is 15.3 Å². The lowest BCUT2D eigenvalue weighted by Gasteiger charge is -2.19. The highest BCUT2D eigenvalue weighted by Gasteiger charge is 2.34. The first kappa shape index (κ1) is 20.1. The van der Waals surface area contributed by atoms with Gasteiger partial charge in [0, 0.05) is 11.6 Å². The van der Waals surface area contributed by atoms with Gasteiger partial charge in [0.15, 0.2) is 10.3 Å². The molecular weight excluding hydrogens is 416 g/mol. The number of amides is 2. The van der Waals surface area contributed by atoms with Gasteiger partial charge in [0.25, 0.3) is 5.91 Å². The van der Waals surface area contributed by atoms with Crippen LogP contribution in [0.3, 0.4) is 0 Å². The van der Waals surface area contributed by atoms with Gasteiger partial charge in [-0.1, -0.05) is 60.3 Å². The Morgan fingerprint density at radius 3 is 2.50 bits per heavy atom. The van der Waals surface area contributed by atoms with Crippen LogP contribution in [0.5, 0.6) is 0 Å². The number of hydrogen-bond acceptors (Lipinski definition) is 6. The van der Waals surface area contributed by atoms with Gasteiger partial charge in [0.2, 0.25) is 5.91 Å². The fraction of sp³-hybridized carbons (Fsp3) is 0.0909. The maximum absolute atomic E-state index is 13.1. The second-order valence-electron chi connectivity index (χ2n) is 6.40. The number of carbonyl (C=O) groups is 2. The molecule has 4 rings (SSSR count). The number of para-hydroxylation sites is 1. The lowest BCUT2D eigenvalue weighted by molar-refractivity contribution is -0.115. The topological polar surface area (TPSA) is 74.7 Å². The first-order valence-corrected chi connectivity index (χ1v) is 11.0. The Balaban J connectivity index is 1.61. The molecular formula is C22H18N4O2S2. The number of thiazole rings is 1. The lowest BCUT2D eigenvalue weighted by atomic mass is 10.2. The molecule has 3 aromatic rings. The number of rotatable bonds is 5. The summed E-state index contributed by atoms with van der Waals surface area (Å²) in [6.45, 7) is 1.78. The van der Waals surface area contributed by atoms with Crippen LogP contribution in [0, 0.1) is 0 Å². The van der Waals surface area contributed by atoms with Gasteiger partial charge in [-0.15, -0.1) is 11.3 Å². The third kappa shape index (κ3) is 4.50. The van der Waals surface area contributed by atoms with Crippen molar-refractivity contribution in [2.45, 2.75) is 12.2 Å². The van der Waals surface area contributed by atoms with E-state index in [1.54, 1.807) is 29.5 Å². The number of nitrogens with one attached hydrogen (secondary N) is 1. The number of hydrogen-bond donors (Lipinski definition) is 1. The molecule has 0 aliphatic carbocycles. The van der Waals surface area contributed by atoms with Crippen LogP contribution in [-0.2, 0) is 9.59 Å². The minimum Gasteiger partial charge on any atom is -0.301 e. The average Bonchev–Trinajstić information content (AvgIpc) is 3.37. The molecule has 1 atom stereocenters. The highest BCUT2D eigenvalue weighted by molar-refractivity contribution is 8.15. The predicted octanol–water partition coefficient (Wildman–Crippen LogP) is 4.65. The van der Waals surface area contributed by atoms with Gasteiger partial charge in [-0.05, 0) is 30.7 Å². The summed E-state index contributed by atoms with van der Waals surface area (Å²) in [4.78, 5) is 35.9. The van der Waals surface area contributed by atoms with Crippen molar-refractivity contribution in [3.8, 4) is 0 Å². The van der Waals surface area contributed by atoms with Crippen LogP contribution in [0.2, 0.25) is 0 Å². The fourth-order valence-electron chi connectivity index (χ4n) is 2.79. The number of thioether (sulfide) groups is 1. The van der Waals surface area contributed by atoms with Crippen LogP contribution >= 0.6 is 23.1 Å². The number of aromatic nitrogens is 1. The molecule has 2 aromatic carbocycles. The van der Waals surface area contributed by atoms with Crippen molar-refractivity contribution in [2.75, 3.05) is 10.2 Å². The number of benzene rings is 2. The highest BCUT2D eigenvalue weighted by Crippen LogP contribution is 2.31. The minimum atomic E-state index is -0.470. The van der Waals surface area contributed by atoms with E-state index in [-0.39, 0.29) is 11.8 Å². The maximum Gasteiger partial charge on any atom is 0.283 e. The number of aliphatic imine (C=N–C) groups is 1. The molecule has 0 saturated heterocycles. The largest absolute Gasteiger partial charge is 0.301 e. The molecule has 1 aromatic heterocycles. The van der Waals surface area contributed by atoms with Crippen LogP contribution in [0.25, 0.3) is 6.08 Å². The Morgan fingerprint density at radius 1 is 1.13 bits per heavy atom. The van der Waals surface area contributed by atoms with E-state index in [4.69, 9.17) is 0 Å². The van der Waals surface area contributed by atoms with Gasteiger partial charge in [-0.2, -0.15) is 0 Å². The maximum atomic E-state index is 13.1. The molecule has 1 aliphatic heterocycles. The second kappa shape index (κ2) is 9.06. The van der Waals surface area contributed by atoms with Gasteiger partial charge >= 0.3 is 0 Å². The monoisotopic (exact) mass is 434 g/mol. The number of nitrogens with zero attached hydrogens (tertiary/aromatic N) is 3. The summed E-state index contributed by atoms with van der Waals surface area (Å²) in [6, 6.07) is 18.9. The van der Waals surface area contributed by atoms with Crippen molar-refractivity contribution in [1.29, 1.82) is 0 Å². The Labute approximate surface area is 182 Å². The van der Waals surface area contributed by atoms with E-state index in [1.165, 1.54) is 23.1 Å². The molecule has 8 heteroatoms. The van der Waals surface area contributed by atoms with Crippen molar-refractivity contribution in [3.63, 3.8) is 0 Å². The molecule has 6 nitrogen and oxygen atoms in total. The first-order valence-electron chi connectivity index (χ1n) is 9.24. The summed E-state index contributed by atoms with van der Waals surface area (Å²) < 4.78 is 0. The van der Waals surface area contributed by atoms with E-state index in [0.717, 1.165) is 5.56 Å². The van der Waals surface area contributed by atoms with Crippen molar-refractivity contribution >= 4 is 57.0 Å². The van der Waals surface area contributed by atoms with Gasteiger partial charge in [0.1, 0.15) is 5.70 Å². The summed E-state index contributed by atoms with van der Waals surface area (Å²) in [5.41, 5.74) is 1.93. The Morgan fingerprint density at radius 2 is 1.83 bits per heavy atom. The molecule has 0 fully saturated rings. The minimum absolute atomic E-state index is 0.196. The van der Waals surface area contributed by atoms with E-state index < -0.39 is 5.25 Å². The van der Waals surface area contributed by atoms with Crippen molar-refractivity contribution < 1.29 is 9.59 Å². The summed E-state index contributed by atoms with van der Waals surface area (Å²) >= 11 is 2.59. The molecule has 150 valence electrons. The van der Waals surface area contributed by atoms with Crippen LogP contribution in [0.4, 0.5) is 10.8 Å². The fourth-order valence-corrected chi connectivity index (χ4v) is 4.25. The third-order valence-electron chi connectivity index (χ3n) is 4.26. The molecule has 0 radical (unpaired) electrons. The van der Waals surface area contributed by atoms with E-state index in [0.29, 0.717) is 21.7 Å². The molecule has 0 saturated carbocycles. The molecule has 1 N–H and O–H groups in total. The van der Waals surface area contributed by atoms with Crippen molar-refractivity contribution in [3.05, 3.63) is 83.5 Å². The van der Waals surface area contributed by atoms with Gasteiger partial charge < -0.3 is 5.32 Å². The summed E-state index contributed by atoms with van der Waals surface area (Å²) in [5.74, 6) is -0.418. The van der Waals surface area contributed by atoms with Crippen LogP contribution in [-0.4, -0.2) is 27.2 Å². The molecule has 1 unspecified atom stereocenters. The van der Waals surface area contributed by atoms with Gasteiger partial charge in [-0.25, -0.2) is 9.98 Å². The smallest absolute Gasteiger partial charge is 0.283 e. The van der Waals surface area contributed by atoms with E-state index in [1.807, 2.05) is 60.7 Å². The summed E-state index contributed by atoms with van der Waals surface area (Å²) in [6.07, 6.45) is 3.39. The molecule has 0 bridgehead atoms. The molecule has 2 heterocycles. The van der Waals surface area contributed by atoms with Gasteiger partial charge in [0.05, 0.1) is 10.9 Å². The third-order valence-corrected chi connectivity index (χ3v) is 6.00. The Hall–Kier alpha value is -3.23. The van der Waals surface area contributed by atoms with Crippen LogP contribution in [0.1, 0.15) is 12.5 Å². The predicted molar refractivity (Wildman–Crippen MR) is 124 cm³/mol. The average molecular weight is 435 g/mol. The van der Waals surface area contributed by atoms with Crippen molar-refractivity contribution in [1.82, 2.24) is 4.98 Å². The number of anilines is 2. The number of carbonyl (C=O) groups excluding carboxylic acids is 2. The highest BCUT2D eigenvalue weighted by atomic mass is 32.2. The molecule has 30 heavy (non-hydrogen) atoms. The zero-order chi connectivity index (χ0) is 20.9. The standard InChI is InChI=1S/C22H18N4O2S2/c1-15(19(27)25-21-23-12-13-29-21)30-22-24-18(14-16-8-4-2-5-9-16)20(28)26(22)17-10-6-3-7-11-17/h2-15H,1H3,(H,23,25,27)/b18-14+. The molecule has 1 aliphatic rings. The summed E-state index contributed by atoms with van der Waals surface area (Å²) in [5, 5.41) is 5.12. The lowest BCUT2D eigenvalue weighted by Crippen LogP contribution is -2.33. The Bertz CT molecular complexity index is 1100. The van der Waals surface area contributed by atoms with Crippen LogP contribution < -0.4 is 10.2 Å². The zero-order valence-electron chi connectivity index (χ0n) is 16.1. The van der Waals surface area contributed by atoms with Gasteiger partial charge in [-0.3, -0.25) is 14.5 Å². The van der Waals surface area contributed by atoms with Crippen molar-refractivity contribution in [2.24, 2.45) is 4.99 Å². The van der Waals surface area contributed by atoms with Crippen LogP contribution in [0.15, 0.2) is 82.9 Å². The summed E-state index contributed by atoms with van der Waals surface area (Å²) in [7, 11) is 0. The zero-order valence-corrected chi connectivity index (χ0v) is 17.7. The normalized spacial score (nSPS) is 15.9. The Kier molecular flexibility index (Phi) is 6.06. The second-order valence-corrected chi connectivity index (χ2v) is 8.60. The quantitative estimate of drug-likeness (QED) is 0.593. The molecule has 0 spiro atoms. The van der Waals surface area contributed by atoms with E-state index >= 15 is 0 Å². The van der Waals surface area contributed by atoms with E-state index in [9.17, 15) is 9.59 Å². The molecule has 2 amide bonds. The number of amidine groups is 1. The SMILES string of the molecule is CC(SC1=N/C(=C/c2ccccc2)C(=O)N1c1ccccc1)C(=O)Nc1nccs1.